The standard InChI is InChI=1S/C62H58O15/c1-67-61-55(70-39-44-27-13-4-14-28-44)53(69-38-43-25-11-3-12-26-43)51(49(72-61)40-68-37-42-23-9-2-10-24-42)77-62-56(76-60(66)48-35-21-8-22-36-48)54(75-59(65)47-33-19-7-20-34-47)52(74-58(64)46-31-17-6-18-32-46)50(73-62)41-71-57(63)45-29-15-5-16-30-45/h2-36,49-56,61-62H,37-41H2,1H3/t49-,50-,51-,52-,53+,54+,55-,56-,61+,62+/m1/s1. The molecule has 0 N–H and O–H groups in total. The zero-order chi connectivity index (χ0) is 53.2. The van der Waals surface area contributed by atoms with Crippen molar-refractivity contribution < 1.29 is 71.3 Å². The number of rotatable bonds is 22. The summed E-state index contributed by atoms with van der Waals surface area (Å²) in [6.07, 6.45) is -13.6. The van der Waals surface area contributed by atoms with Gasteiger partial charge < -0.3 is 52.1 Å². The van der Waals surface area contributed by atoms with Crippen molar-refractivity contribution >= 4 is 23.9 Å². The molecule has 396 valence electrons. The summed E-state index contributed by atoms with van der Waals surface area (Å²) in [4.78, 5) is 57.0. The Balaban J connectivity index is 1.16. The Morgan fingerprint density at radius 3 is 1.18 bits per heavy atom. The minimum atomic E-state index is -1.73. The van der Waals surface area contributed by atoms with Crippen LogP contribution in [0.5, 0.6) is 0 Å². The summed E-state index contributed by atoms with van der Waals surface area (Å²) in [5.74, 6) is -3.31. The van der Waals surface area contributed by atoms with Crippen molar-refractivity contribution in [1.29, 1.82) is 0 Å². The number of benzene rings is 7. The first-order valence-electron chi connectivity index (χ1n) is 25.2. The van der Waals surface area contributed by atoms with Crippen molar-refractivity contribution in [3.8, 4) is 0 Å². The number of hydrogen-bond donors (Lipinski definition) is 0. The van der Waals surface area contributed by atoms with Gasteiger partial charge in [-0.25, -0.2) is 19.2 Å². The highest BCUT2D eigenvalue weighted by molar-refractivity contribution is 5.91. The summed E-state index contributed by atoms with van der Waals surface area (Å²) in [5, 5.41) is 0. The van der Waals surface area contributed by atoms with E-state index >= 15 is 0 Å². The second-order valence-electron chi connectivity index (χ2n) is 18.1. The molecule has 0 radical (unpaired) electrons. The maximum absolute atomic E-state index is 14.5. The highest BCUT2D eigenvalue weighted by Gasteiger charge is 2.57. The van der Waals surface area contributed by atoms with E-state index < -0.39 is 91.9 Å². The first-order chi connectivity index (χ1) is 37.8. The van der Waals surface area contributed by atoms with E-state index in [4.69, 9.17) is 52.1 Å². The Hall–Kier alpha value is -7.86. The van der Waals surface area contributed by atoms with Crippen LogP contribution in [0.3, 0.4) is 0 Å². The molecule has 0 bridgehead atoms. The number of carbonyl (C=O) groups excluding carboxylic acids is 4. The Morgan fingerprint density at radius 2 is 0.727 bits per heavy atom. The fourth-order valence-corrected chi connectivity index (χ4v) is 8.92. The lowest BCUT2D eigenvalue weighted by atomic mass is 9.95. The number of methoxy groups -OCH3 is 1. The second kappa shape index (κ2) is 27.3. The minimum Gasteiger partial charge on any atom is -0.459 e. The molecule has 0 saturated carbocycles. The Labute approximate surface area is 446 Å². The van der Waals surface area contributed by atoms with Crippen molar-refractivity contribution in [2.45, 2.75) is 81.2 Å². The van der Waals surface area contributed by atoms with Gasteiger partial charge in [0.15, 0.2) is 30.9 Å². The Bertz CT molecular complexity index is 2920. The summed E-state index contributed by atoms with van der Waals surface area (Å²) in [7, 11) is 1.49. The minimum absolute atomic E-state index is 0.0649. The predicted octanol–water partition coefficient (Wildman–Crippen LogP) is 9.39. The van der Waals surface area contributed by atoms with Crippen LogP contribution in [0.2, 0.25) is 0 Å². The molecule has 0 amide bonds. The lowest BCUT2D eigenvalue weighted by Gasteiger charge is -2.49. The molecule has 0 unspecified atom stereocenters. The van der Waals surface area contributed by atoms with Crippen LogP contribution in [0, 0.1) is 0 Å². The third-order valence-corrected chi connectivity index (χ3v) is 12.8. The zero-order valence-corrected chi connectivity index (χ0v) is 42.1. The number of ether oxygens (including phenoxy) is 11. The maximum Gasteiger partial charge on any atom is 0.338 e. The fraction of sp³-hybridized carbons (Fsp3) is 0.258. The molecule has 2 heterocycles. The molecule has 0 aromatic heterocycles. The van der Waals surface area contributed by atoms with E-state index in [2.05, 4.69) is 0 Å². The first-order valence-corrected chi connectivity index (χ1v) is 25.2. The average Bonchev–Trinajstić information content (AvgIpc) is 3.49. The van der Waals surface area contributed by atoms with Crippen LogP contribution in [0.25, 0.3) is 0 Å². The third-order valence-electron chi connectivity index (χ3n) is 12.8. The molecule has 2 aliphatic rings. The predicted molar refractivity (Wildman–Crippen MR) is 279 cm³/mol. The smallest absolute Gasteiger partial charge is 0.338 e. The number of carbonyl (C=O) groups is 4. The lowest BCUT2D eigenvalue weighted by Crippen LogP contribution is -2.67. The zero-order valence-electron chi connectivity index (χ0n) is 42.1. The van der Waals surface area contributed by atoms with E-state index in [1.165, 1.54) is 7.11 Å². The molecule has 0 spiro atoms. The van der Waals surface area contributed by atoms with Crippen LogP contribution >= 0.6 is 0 Å². The van der Waals surface area contributed by atoms with Gasteiger partial charge in [-0.15, -0.1) is 0 Å². The van der Waals surface area contributed by atoms with Crippen LogP contribution < -0.4 is 0 Å². The topological polar surface area (TPSA) is 170 Å². The van der Waals surface area contributed by atoms with Gasteiger partial charge in [-0.1, -0.05) is 164 Å². The molecular weight excluding hydrogens is 985 g/mol. The van der Waals surface area contributed by atoms with Gasteiger partial charge in [0.25, 0.3) is 0 Å². The number of hydrogen-bond acceptors (Lipinski definition) is 15. The summed E-state index contributed by atoms with van der Waals surface area (Å²) in [6.45, 7) is -0.312. The SMILES string of the molecule is CO[C@H]1O[C@H](COCc2ccccc2)[C@@H](O[C@@H]2O[C@H](COC(=O)c3ccccc3)[C@@H](OC(=O)c3ccccc3)[C@H](OC(=O)c3ccccc3)[C@H]2OC(=O)c2ccccc2)[C@H](OCc2ccccc2)[C@H]1OCc1ccccc1. The third kappa shape index (κ3) is 14.5. The van der Waals surface area contributed by atoms with Gasteiger partial charge in [0, 0.05) is 7.11 Å². The largest absolute Gasteiger partial charge is 0.459 e. The van der Waals surface area contributed by atoms with Crippen LogP contribution in [0.15, 0.2) is 212 Å². The first kappa shape index (κ1) is 53.9. The average molecular weight is 1040 g/mol. The van der Waals surface area contributed by atoms with E-state index in [0.717, 1.165) is 16.7 Å². The van der Waals surface area contributed by atoms with Gasteiger partial charge in [-0.05, 0) is 65.2 Å². The second-order valence-corrected chi connectivity index (χ2v) is 18.1. The maximum atomic E-state index is 14.5. The Morgan fingerprint density at radius 1 is 0.364 bits per heavy atom. The summed E-state index contributed by atoms with van der Waals surface area (Å²) >= 11 is 0. The van der Waals surface area contributed by atoms with Crippen LogP contribution in [0.1, 0.15) is 58.1 Å². The molecule has 7 aromatic rings. The summed E-state index contributed by atoms with van der Waals surface area (Å²) in [5.41, 5.74) is 3.18. The number of esters is 4. The van der Waals surface area contributed by atoms with Gasteiger partial charge in [0.2, 0.25) is 0 Å². The molecule has 10 atom stereocenters. The van der Waals surface area contributed by atoms with E-state index in [9.17, 15) is 19.2 Å². The monoisotopic (exact) mass is 1040 g/mol. The van der Waals surface area contributed by atoms with Crippen molar-refractivity contribution in [3.05, 3.63) is 251 Å². The molecule has 0 aliphatic carbocycles. The van der Waals surface area contributed by atoms with Crippen molar-refractivity contribution in [2.24, 2.45) is 0 Å². The molecular formula is C62H58O15. The highest BCUT2D eigenvalue weighted by atomic mass is 16.8. The fourth-order valence-electron chi connectivity index (χ4n) is 8.92. The summed E-state index contributed by atoms with van der Waals surface area (Å²) in [6, 6.07) is 61.3. The quantitative estimate of drug-likeness (QED) is 0.0464. The molecule has 9 rings (SSSR count). The van der Waals surface area contributed by atoms with Crippen LogP contribution in [-0.4, -0.2) is 106 Å². The highest BCUT2D eigenvalue weighted by Crippen LogP contribution is 2.37. The van der Waals surface area contributed by atoms with E-state index in [0.29, 0.717) is 0 Å². The summed E-state index contributed by atoms with van der Waals surface area (Å²) < 4.78 is 71.9. The Kier molecular flexibility index (Phi) is 19.1. The van der Waals surface area contributed by atoms with Gasteiger partial charge >= 0.3 is 23.9 Å². The van der Waals surface area contributed by atoms with Crippen molar-refractivity contribution in [3.63, 3.8) is 0 Å². The molecule has 77 heavy (non-hydrogen) atoms. The van der Waals surface area contributed by atoms with Gasteiger partial charge in [-0.2, -0.15) is 0 Å². The van der Waals surface area contributed by atoms with Crippen molar-refractivity contribution in [1.82, 2.24) is 0 Å². The van der Waals surface area contributed by atoms with E-state index in [-0.39, 0.29) is 48.7 Å². The molecule has 2 saturated heterocycles. The normalized spacial score (nSPS) is 23.0. The molecule has 2 fully saturated rings. The van der Waals surface area contributed by atoms with Crippen LogP contribution in [0.4, 0.5) is 0 Å². The van der Waals surface area contributed by atoms with E-state index in [1.807, 2.05) is 91.0 Å². The molecule has 2 aliphatic heterocycles. The van der Waals surface area contributed by atoms with Crippen molar-refractivity contribution in [2.75, 3.05) is 20.3 Å². The van der Waals surface area contributed by atoms with Crippen LogP contribution in [-0.2, 0) is 71.9 Å². The van der Waals surface area contributed by atoms with Gasteiger partial charge in [-0.3, -0.25) is 0 Å². The molecule has 7 aromatic carbocycles. The van der Waals surface area contributed by atoms with E-state index in [1.54, 1.807) is 121 Å². The van der Waals surface area contributed by atoms with Gasteiger partial charge in [0.05, 0.1) is 48.7 Å². The van der Waals surface area contributed by atoms with Gasteiger partial charge in [0.1, 0.15) is 37.1 Å². The lowest BCUT2D eigenvalue weighted by molar-refractivity contribution is -0.365. The molecule has 15 nitrogen and oxygen atoms in total. The molecule has 15 heteroatoms.